The predicted octanol–water partition coefficient (Wildman–Crippen LogP) is 3.22. The van der Waals surface area contributed by atoms with E-state index in [2.05, 4.69) is 40.2 Å². The summed E-state index contributed by atoms with van der Waals surface area (Å²) in [7, 11) is 0. The molecule has 1 aliphatic heterocycles. The van der Waals surface area contributed by atoms with Gasteiger partial charge in [0.2, 0.25) is 0 Å². The number of aryl methyl sites for hydroxylation is 2. The second kappa shape index (κ2) is 5.22. The zero-order valence-electron chi connectivity index (χ0n) is 14.7. The van der Waals surface area contributed by atoms with Crippen LogP contribution in [0.25, 0.3) is 16.6 Å². The van der Waals surface area contributed by atoms with E-state index >= 15 is 0 Å². The Morgan fingerprint density at radius 2 is 2.08 bits per heavy atom. The number of nitrogens with zero attached hydrogens (tertiary/aromatic N) is 3. The van der Waals surface area contributed by atoms with Crippen molar-refractivity contribution in [1.82, 2.24) is 14.6 Å². The first-order valence-electron chi connectivity index (χ1n) is 9.11. The number of aromatic nitrogens is 3. The maximum absolute atomic E-state index is 12.3. The Labute approximate surface area is 146 Å². The van der Waals surface area contributed by atoms with E-state index in [1.54, 1.807) is 10.6 Å². The number of nitrogens with one attached hydrogen (secondary N) is 1. The average molecular weight is 334 g/mol. The normalized spacial score (nSPS) is 17.1. The molecule has 3 aromatic rings. The first kappa shape index (κ1) is 14.8. The van der Waals surface area contributed by atoms with Crippen LogP contribution in [0.15, 0.2) is 29.2 Å². The van der Waals surface area contributed by atoms with Crippen LogP contribution in [-0.2, 0) is 6.42 Å². The zero-order valence-corrected chi connectivity index (χ0v) is 14.7. The molecule has 0 unspecified atom stereocenters. The highest BCUT2D eigenvalue weighted by Crippen LogP contribution is 2.42. The molecule has 1 saturated carbocycles. The molecule has 5 heteroatoms. The Morgan fingerprint density at radius 3 is 2.84 bits per heavy atom. The first-order valence-corrected chi connectivity index (χ1v) is 9.11. The maximum Gasteiger partial charge on any atom is 0.346 e. The molecule has 0 spiro atoms. The van der Waals surface area contributed by atoms with Gasteiger partial charge in [0.25, 0.3) is 0 Å². The third-order valence-corrected chi connectivity index (χ3v) is 5.79. The summed E-state index contributed by atoms with van der Waals surface area (Å²) in [4.78, 5) is 14.9. The minimum atomic E-state index is -0.172. The lowest BCUT2D eigenvalue weighted by atomic mass is 9.90. The molecular weight excluding hydrogens is 312 g/mol. The second-order valence-electron chi connectivity index (χ2n) is 7.31. The molecule has 1 fully saturated rings. The van der Waals surface area contributed by atoms with E-state index in [1.807, 2.05) is 6.92 Å². The summed E-state index contributed by atoms with van der Waals surface area (Å²) in [6.45, 7) is 5.30. The molecule has 25 heavy (non-hydrogen) atoms. The monoisotopic (exact) mass is 334 g/mol. The highest BCUT2D eigenvalue weighted by atomic mass is 16.1. The minimum absolute atomic E-state index is 0.172. The zero-order chi connectivity index (χ0) is 17.1. The standard InChI is InChI=1S/C20H22N4O/c1-12-18-11-21-22-20(25)24(18)13(2)19(12)16-5-3-7-17-15(16)6-4-10-23(17)14-8-9-14/h3,5,7,11,14H,4,6,8-10H2,1-2H3,(H,22,25). The molecular formula is C20H22N4O. The number of benzene rings is 1. The summed E-state index contributed by atoms with van der Waals surface area (Å²) in [5.74, 6) is 0. The summed E-state index contributed by atoms with van der Waals surface area (Å²) >= 11 is 0. The van der Waals surface area contributed by atoms with Gasteiger partial charge in [0.05, 0.1) is 11.7 Å². The summed E-state index contributed by atoms with van der Waals surface area (Å²) in [6.07, 6.45) is 6.69. The van der Waals surface area contributed by atoms with Gasteiger partial charge < -0.3 is 4.90 Å². The molecule has 0 amide bonds. The fraction of sp³-hybridized carbons (Fsp3) is 0.400. The Balaban J connectivity index is 1.78. The lowest BCUT2D eigenvalue weighted by Crippen LogP contribution is -2.31. The lowest BCUT2D eigenvalue weighted by molar-refractivity contribution is 0.689. The molecule has 0 atom stereocenters. The van der Waals surface area contributed by atoms with Crippen LogP contribution in [0.5, 0.6) is 0 Å². The van der Waals surface area contributed by atoms with Gasteiger partial charge in [-0.2, -0.15) is 5.10 Å². The first-order chi connectivity index (χ1) is 12.2. The van der Waals surface area contributed by atoms with Gasteiger partial charge in [-0.15, -0.1) is 0 Å². The van der Waals surface area contributed by atoms with Crippen LogP contribution >= 0.6 is 0 Å². The topological polar surface area (TPSA) is 53.4 Å². The molecule has 1 aromatic carbocycles. The van der Waals surface area contributed by atoms with E-state index in [9.17, 15) is 4.79 Å². The van der Waals surface area contributed by atoms with Crippen molar-refractivity contribution in [3.63, 3.8) is 0 Å². The van der Waals surface area contributed by atoms with Crippen LogP contribution < -0.4 is 10.6 Å². The molecule has 5 nitrogen and oxygen atoms in total. The molecule has 128 valence electrons. The number of hydrogen-bond donors (Lipinski definition) is 1. The third kappa shape index (κ3) is 2.08. The predicted molar refractivity (Wildman–Crippen MR) is 99.4 cm³/mol. The number of anilines is 1. The fourth-order valence-corrected chi connectivity index (χ4v) is 4.52. The van der Waals surface area contributed by atoms with Crippen molar-refractivity contribution in [3.8, 4) is 11.1 Å². The summed E-state index contributed by atoms with van der Waals surface area (Å²) in [5.41, 5.74) is 8.15. The number of rotatable bonds is 2. The second-order valence-corrected chi connectivity index (χ2v) is 7.31. The largest absolute Gasteiger partial charge is 0.368 e. The number of fused-ring (bicyclic) bond motifs is 2. The maximum atomic E-state index is 12.3. The van der Waals surface area contributed by atoms with E-state index in [0.717, 1.165) is 29.2 Å². The summed E-state index contributed by atoms with van der Waals surface area (Å²) in [6, 6.07) is 7.38. The number of hydrogen-bond acceptors (Lipinski definition) is 3. The van der Waals surface area contributed by atoms with Crippen molar-refractivity contribution in [1.29, 1.82) is 0 Å². The third-order valence-electron chi connectivity index (χ3n) is 5.79. The Bertz CT molecular complexity index is 1040. The van der Waals surface area contributed by atoms with Gasteiger partial charge in [0.1, 0.15) is 0 Å². The molecule has 1 aliphatic carbocycles. The lowest BCUT2D eigenvalue weighted by Gasteiger charge is -2.33. The van der Waals surface area contributed by atoms with Crippen molar-refractivity contribution in [2.24, 2.45) is 0 Å². The smallest absolute Gasteiger partial charge is 0.346 e. The van der Waals surface area contributed by atoms with Crippen LogP contribution in [0.3, 0.4) is 0 Å². The van der Waals surface area contributed by atoms with Crippen LogP contribution in [0, 0.1) is 13.8 Å². The Kier molecular flexibility index (Phi) is 3.08. The van der Waals surface area contributed by atoms with Crippen molar-refractivity contribution in [2.75, 3.05) is 11.4 Å². The van der Waals surface area contributed by atoms with Crippen LogP contribution in [0.4, 0.5) is 5.69 Å². The molecule has 0 bridgehead atoms. The average Bonchev–Trinajstić information content (AvgIpc) is 3.42. The molecule has 3 heterocycles. The molecule has 5 rings (SSSR count). The van der Waals surface area contributed by atoms with Crippen molar-refractivity contribution in [3.05, 3.63) is 51.7 Å². The van der Waals surface area contributed by atoms with Gasteiger partial charge in [-0.3, -0.25) is 4.40 Å². The fourth-order valence-electron chi connectivity index (χ4n) is 4.52. The van der Waals surface area contributed by atoms with Gasteiger partial charge in [0, 0.05) is 29.5 Å². The van der Waals surface area contributed by atoms with E-state index < -0.39 is 0 Å². The van der Waals surface area contributed by atoms with Gasteiger partial charge in [-0.1, -0.05) is 12.1 Å². The summed E-state index contributed by atoms with van der Waals surface area (Å²) in [5, 5.41) is 6.53. The van der Waals surface area contributed by atoms with Crippen molar-refractivity contribution in [2.45, 2.75) is 45.6 Å². The Hall–Kier alpha value is -2.56. The van der Waals surface area contributed by atoms with E-state index in [4.69, 9.17) is 0 Å². The van der Waals surface area contributed by atoms with Gasteiger partial charge in [-0.05, 0) is 62.3 Å². The van der Waals surface area contributed by atoms with Gasteiger partial charge >= 0.3 is 5.69 Å². The quantitative estimate of drug-likeness (QED) is 0.783. The summed E-state index contributed by atoms with van der Waals surface area (Å²) < 4.78 is 1.75. The number of H-pyrrole nitrogens is 1. The van der Waals surface area contributed by atoms with Gasteiger partial charge in [-0.25, -0.2) is 9.89 Å². The van der Waals surface area contributed by atoms with E-state index in [0.29, 0.717) is 0 Å². The van der Waals surface area contributed by atoms with Gasteiger partial charge in [0.15, 0.2) is 0 Å². The van der Waals surface area contributed by atoms with Crippen molar-refractivity contribution >= 4 is 11.2 Å². The minimum Gasteiger partial charge on any atom is -0.368 e. The molecule has 0 saturated heterocycles. The van der Waals surface area contributed by atoms with Crippen LogP contribution in [0.2, 0.25) is 0 Å². The SMILES string of the molecule is Cc1c(-c2cccc3c2CCCN3C2CC2)c(C)n2c(=O)[nH]ncc12. The van der Waals surface area contributed by atoms with Crippen LogP contribution in [-0.4, -0.2) is 27.2 Å². The number of aromatic amines is 1. The highest BCUT2D eigenvalue weighted by molar-refractivity contribution is 5.84. The molecule has 2 aliphatic rings. The van der Waals surface area contributed by atoms with Crippen molar-refractivity contribution < 1.29 is 0 Å². The van der Waals surface area contributed by atoms with E-state index in [-0.39, 0.29) is 5.69 Å². The molecule has 1 N–H and O–H groups in total. The van der Waals surface area contributed by atoms with Crippen LogP contribution in [0.1, 0.15) is 36.1 Å². The Morgan fingerprint density at radius 1 is 1.24 bits per heavy atom. The highest BCUT2D eigenvalue weighted by Gasteiger charge is 2.33. The van der Waals surface area contributed by atoms with E-state index in [1.165, 1.54) is 48.2 Å². The molecule has 2 aromatic heterocycles. The molecule has 0 radical (unpaired) electrons.